The highest BCUT2D eigenvalue weighted by atomic mass is 16.6. The van der Waals surface area contributed by atoms with Crippen LogP contribution in [0.4, 0.5) is 0 Å². The molecule has 0 bridgehead atoms. The fraction of sp³-hybridized carbons (Fsp3) is 0.800. The van der Waals surface area contributed by atoms with Gasteiger partial charge < -0.3 is 14.2 Å². The molecule has 0 aromatic heterocycles. The van der Waals surface area contributed by atoms with Crippen LogP contribution in [-0.2, 0) is 28.6 Å². The molecule has 412 valence electrons. The monoisotopic (exact) mass is 993 g/mol. The van der Waals surface area contributed by atoms with E-state index in [-0.39, 0.29) is 31.1 Å². The zero-order valence-corrected chi connectivity index (χ0v) is 47.2. The summed E-state index contributed by atoms with van der Waals surface area (Å²) in [5.41, 5.74) is 0. The molecule has 0 saturated carbocycles. The summed E-state index contributed by atoms with van der Waals surface area (Å²) >= 11 is 0. The van der Waals surface area contributed by atoms with E-state index in [4.69, 9.17) is 14.2 Å². The second kappa shape index (κ2) is 59.7. The minimum Gasteiger partial charge on any atom is -0.462 e. The molecule has 1 atom stereocenters. The molecule has 1 unspecified atom stereocenters. The van der Waals surface area contributed by atoms with E-state index in [0.29, 0.717) is 19.3 Å². The van der Waals surface area contributed by atoms with E-state index in [9.17, 15) is 14.4 Å². The number of ether oxygens (including phenoxy) is 3. The maximum Gasteiger partial charge on any atom is 0.306 e. The van der Waals surface area contributed by atoms with Gasteiger partial charge in [-0.25, -0.2) is 0 Å². The van der Waals surface area contributed by atoms with Crippen LogP contribution >= 0.6 is 0 Å². The Morgan fingerprint density at radius 3 is 0.859 bits per heavy atom. The van der Waals surface area contributed by atoms with Crippen molar-refractivity contribution in [2.24, 2.45) is 0 Å². The zero-order chi connectivity index (χ0) is 51.4. The van der Waals surface area contributed by atoms with Gasteiger partial charge in [0.1, 0.15) is 13.2 Å². The molecule has 0 fully saturated rings. The Kier molecular flexibility index (Phi) is 57.2. The van der Waals surface area contributed by atoms with Gasteiger partial charge in [-0.1, -0.05) is 293 Å². The van der Waals surface area contributed by atoms with E-state index >= 15 is 0 Å². The van der Waals surface area contributed by atoms with Gasteiger partial charge in [-0.05, 0) is 64.2 Å². The molecule has 0 aliphatic carbocycles. The lowest BCUT2D eigenvalue weighted by Gasteiger charge is -2.18. The van der Waals surface area contributed by atoms with Gasteiger partial charge in [-0.15, -0.1) is 0 Å². The second-order valence-electron chi connectivity index (χ2n) is 20.6. The maximum absolute atomic E-state index is 12.9. The standard InChI is InChI=1S/C65H116O6/c1-4-7-10-13-16-19-22-24-26-28-30-32-33-34-36-37-39-41-43-46-49-52-55-58-64(67)70-61-62(60-69-63(66)57-54-51-48-45-21-18-15-12-9-6-3)71-65(68)59-56-53-50-47-44-42-40-38-35-31-29-27-25-23-20-17-14-11-8-5-2/h7,10,16,19,24,26,30,32,34,36,62H,4-6,8-9,11-15,17-18,20-23,25,27-29,31,33,35,37-61H2,1-3H3/b10-7-,19-16-,26-24-,32-30-,36-34-. The Balaban J connectivity index is 4.27. The number of esters is 3. The van der Waals surface area contributed by atoms with Crippen LogP contribution in [-0.4, -0.2) is 37.2 Å². The third-order valence-electron chi connectivity index (χ3n) is 13.5. The average Bonchev–Trinajstić information content (AvgIpc) is 3.37. The van der Waals surface area contributed by atoms with E-state index < -0.39 is 6.10 Å². The summed E-state index contributed by atoms with van der Waals surface area (Å²) in [7, 11) is 0. The van der Waals surface area contributed by atoms with Crippen molar-refractivity contribution in [3.8, 4) is 0 Å². The van der Waals surface area contributed by atoms with Crippen LogP contribution < -0.4 is 0 Å². The van der Waals surface area contributed by atoms with E-state index in [1.54, 1.807) is 0 Å². The summed E-state index contributed by atoms with van der Waals surface area (Å²) in [5.74, 6) is -0.869. The third-order valence-corrected chi connectivity index (χ3v) is 13.5. The minimum absolute atomic E-state index is 0.0735. The molecule has 6 heteroatoms. The Hall–Kier alpha value is -2.89. The molecule has 71 heavy (non-hydrogen) atoms. The van der Waals surface area contributed by atoms with Crippen molar-refractivity contribution in [2.75, 3.05) is 13.2 Å². The van der Waals surface area contributed by atoms with Crippen molar-refractivity contribution < 1.29 is 28.6 Å². The van der Waals surface area contributed by atoms with E-state index in [1.807, 2.05) is 0 Å². The summed E-state index contributed by atoms with van der Waals surface area (Å²) < 4.78 is 16.9. The van der Waals surface area contributed by atoms with E-state index in [0.717, 1.165) is 96.3 Å². The van der Waals surface area contributed by atoms with Crippen LogP contribution in [0.25, 0.3) is 0 Å². The lowest BCUT2D eigenvalue weighted by Crippen LogP contribution is -2.30. The lowest BCUT2D eigenvalue weighted by molar-refractivity contribution is -0.167. The first-order valence-electron chi connectivity index (χ1n) is 30.8. The van der Waals surface area contributed by atoms with Gasteiger partial charge in [0.15, 0.2) is 6.10 Å². The maximum atomic E-state index is 12.9. The first-order chi connectivity index (χ1) is 35.0. The first-order valence-corrected chi connectivity index (χ1v) is 30.8. The fourth-order valence-electron chi connectivity index (χ4n) is 8.94. The van der Waals surface area contributed by atoms with Gasteiger partial charge in [0.05, 0.1) is 0 Å². The number of hydrogen-bond acceptors (Lipinski definition) is 6. The molecule has 0 rings (SSSR count). The number of carbonyl (C=O) groups is 3. The van der Waals surface area contributed by atoms with Gasteiger partial charge in [0.2, 0.25) is 0 Å². The van der Waals surface area contributed by atoms with Gasteiger partial charge in [-0.2, -0.15) is 0 Å². The van der Waals surface area contributed by atoms with E-state index in [1.165, 1.54) is 180 Å². The first kappa shape index (κ1) is 68.1. The smallest absolute Gasteiger partial charge is 0.306 e. The average molecular weight is 994 g/mol. The molecule has 0 aromatic rings. The van der Waals surface area contributed by atoms with E-state index in [2.05, 4.69) is 81.5 Å². The van der Waals surface area contributed by atoms with Crippen LogP contribution in [0.5, 0.6) is 0 Å². The molecular weight excluding hydrogens is 877 g/mol. The molecule has 0 aromatic carbocycles. The highest BCUT2D eigenvalue weighted by Gasteiger charge is 2.19. The quantitative estimate of drug-likeness (QED) is 0.0261. The Bertz CT molecular complexity index is 1280. The molecule has 0 aliphatic rings. The van der Waals surface area contributed by atoms with Gasteiger partial charge in [-0.3, -0.25) is 14.4 Å². The van der Waals surface area contributed by atoms with Crippen LogP contribution in [0, 0.1) is 0 Å². The molecule has 0 N–H and O–H groups in total. The van der Waals surface area contributed by atoms with Crippen molar-refractivity contribution in [1.82, 2.24) is 0 Å². The fourth-order valence-corrected chi connectivity index (χ4v) is 8.94. The van der Waals surface area contributed by atoms with Gasteiger partial charge in [0.25, 0.3) is 0 Å². The SMILES string of the molecule is CC/C=C\C/C=C\C/C=C\C/C=C\C/C=C\CCCCCCCCCC(=O)OCC(COC(=O)CCCCCCCCCCCC)OC(=O)CCCCCCCCCCCCCCCCCCCCCC. The predicted octanol–water partition coefficient (Wildman–Crippen LogP) is 20.8. The molecule has 0 radical (unpaired) electrons. The highest BCUT2D eigenvalue weighted by molar-refractivity contribution is 5.71. The van der Waals surface area contributed by atoms with Crippen molar-refractivity contribution in [3.05, 3.63) is 60.8 Å². The Morgan fingerprint density at radius 2 is 0.549 bits per heavy atom. The second-order valence-corrected chi connectivity index (χ2v) is 20.6. The van der Waals surface area contributed by atoms with Crippen molar-refractivity contribution >= 4 is 17.9 Å². The zero-order valence-electron chi connectivity index (χ0n) is 47.2. The highest BCUT2D eigenvalue weighted by Crippen LogP contribution is 2.17. The summed E-state index contributed by atoms with van der Waals surface area (Å²) in [6, 6.07) is 0. The van der Waals surface area contributed by atoms with Crippen LogP contribution in [0.1, 0.15) is 316 Å². The molecule has 0 aliphatic heterocycles. The van der Waals surface area contributed by atoms with Crippen molar-refractivity contribution in [3.63, 3.8) is 0 Å². The minimum atomic E-state index is -0.775. The largest absolute Gasteiger partial charge is 0.462 e. The number of hydrogen-bond donors (Lipinski definition) is 0. The Morgan fingerprint density at radius 1 is 0.296 bits per heavy atom. The molecule has 0 spiro atoms. The summed E-state index contributed by atoms with van der Waals surface area (Å²) in [4.78, 5) is 38.2. The molecule has 0 heterocycles. The number of carbonyl (C=O) groups excluding carboxylic acids is 3. The van der Waals surface area contributed by atoms with Crippen LogP contribution in [0.3, 0.4) is 0 Å². The van der Waals surface area contributed by atoms with Gasteiger partial charge >= 0.3 is 17.9 Å². The number of allylic oxidation sites excluding steroid dienone is 10. The lowest BCUT2D eigenvalue weighted by atomic mass is 10.0. The summed E-state index contributed by atoms with van der Waals surface area (Å²) in [5, 5.41) is 0. The van der Waals surface area contributed by atoms with Gasteiger partial charge in [0, 0.05) is 19.3 Å². The molecule has 0 amide bonds. The molecular formula is C65H116O6. The normalized spacial score (nSPS) is 12.4. The molecule has 0 saturated heterocycles. The van der Waals surface area contributed by atoms with Crippen LogP contribution in [0.2, 0.25) is 0 Å². The predicted molar refractivity (Wildman–Crippen MR) is 307 cm³/mol. The van der Waals surface area contributed by atoms with Crippen molar-refractivity contribution in [2.45, 2.75) is 322 Å². The number of unbranched alkanes of at least 4 members (excludes halogenated alkanes) is 35. The van der Waals surface area contributed by atoms with Crippen LogP contribution in [0.15, 0.2) is 60.8 Å². The topological polar surface area (TPSA) is 78.9 Å². The van der Waals surface area contributed by atoms with Crippen molar-refractivity contribution in [1.29, 1.82) is 0 Å². The third kappa shape index (κ3) is 57.9. The molecule has 6 nitrogen and oxygen atoms in total. The summed E-state index contributed by atoms with van der Waals surface area (Å²) in [6.07, 6.45) is 75.1. The summed E-state index contributed by atoms with van der Waals surface area (Å²) in [6.45, 7) is 6.55. The number of rotatable bonds is 56. The Labute approximate surface area is 440 Å².